The second-order valence-electron chi connectivity index (χ2n) is 3.82. The van der Waals surface area contributed by atoms with E-state index in [1.165, 1.54) is 5.39 Å². The minimum atomic E-state index is 0.832. The van der Waals surface area contributed by atoms with Crippen LogP contribution in [0.1, 0.15) is 11.5 Å². The summed E-state index contributed by atoms with van der Waals surface area (Å²) in [6.45, 7) is 3.97. The van der Waals surface area contributed by atoms with Crippen molar-refractivity contribution in [2.24, 2.45) is 0 Å². The lowest BCUT2D eigenvalue weighted by atomic mass is 10.1. The van der Waals surface area contributed by atoms with Gasteiger partial charge in [-0.15, -0.1) is 0 Å². The molecule has 0 fully saturated rings. The number of pyridine rings is 1. The number of hydrogen-bond donors (Lipinski definition) is 1. The topological polar surface area (TPSA) is 41.6 Å². The number of H-pyrrole nitrogens is 1. The molecular weight excluding hydrogens is 186 g/mol. The van der Waals surface area contributed by atoms with Gasteiger partial charge >= 0.3 is 0 Å². The zero-order chi connectivity index (χ0) is 10.4. The van der Waals surface area contributed by atoms with Crippen molar-refractivity contribution >= 4 is 21.8 Å². The molecule has 15 heavy (non-hydrogen) atoms. The molecule has 0 bridgehead atoms. The number of aryl methyl sites for hydroxylation is 2. The van der Waals surface area contributed by atoms with Gasteiger partial charge in [0.1, 0.15) is 11.3 Å². The smallest absolute Gasteiger partial charge is 0.126 e. The summed E-state index contributed by atoms with van der Waals surface area (Å²) in [6, 6.07) is 6.24. The maximum Gasteiger partial charge on any atom is 0.126 e. The Balaban J connectivity index is 2.53. The molecule has 2 aromatic heterocycles. The Labute approximate surface area is 87.2 Å². The number of imidazole rings is 1. The maximum atomic E-state index is 4.44. The fourth-order valence-corrected chi connectivity index (χ4v) is 1.92. The number of nitrogens with one attached hydrogen (secondary N) is 1. The molecule has 3 heteroatoms. The van der Waals surface area contributed by atoms with Gasteiger partial charge in [-0.3, -0.25) is 0 Å². The fourth-order valence-electron chi connectivity index (χ4n) is 1.92. The highest BCUT2D eigenvalue weighted by atomic mass is 14.9. The molecule has 1 N–H and O–H groups in total. The summed E-state index contributed by atoms with van der Waals surface area (Å²) in [6.07, 6.45) is 2.00. The third kappa shape index (κ3) is 1.20. The van der Waals surface area contributed by atoms with E-state index in [0.717, 1.165) is 27.9 Å². The molecule has 3 aromatic rings. The van der Waals surface area contributed by atoms with E-state index in [1.54, 1.807) is 0 Å². The fraction of sp³-hybridized carbons (Fsp3) is 0.167. The highest BCUT2D eigenvalue weighted by Crippen LogP contribution is 2.23. The molecule has 0 amide bonds. The molecule has 3 nitrogen and oxygen atoms in total. The molecule has 0 saturated heterocycles. The predicted molar refractivity (Wildman–Crippen MR) is 60.9 cm³/mol. The first-order chi connectivity index (χ1) is 7.24. The standard InChI is InChI=1S/C12H11N3/c1-7-5-9-3-4-11-12(10(9)6-13-7)15-8(2)14-11/h3-6,13H,1-2H3. The van der Waals surface area contributed by atoms with Crippen molar-refractivity contribution in [2.45, 2.75) is 13.8 Å². The summed E-state index contributed by atoms with van der Waals surface area (Å²) in [5, 5.41) is 2.34. The van der Waals surface area contributed by atoms with E-state index >= 15 is 0 Å². The van der Waals surface area contributed by atoms with Crippen LogP contribution in [0.2, 0.25) is 0 Å². The Morgan fingerprint density at radius 1 is 1.13 bits per heavy atom. The molecular formula is C12H11N3. The largest absolute Gasteiger partial charge is 0.365 e. The highest BCUT2D eigenvalue weighted by molar-refractivity contribution is 6.03. The highest BCUT2D eigenvalue weighted by Gasteiger charge is 2.05. The van der Waals surface area contributed by atoms with Gasteiger partial charge in [-0.2, -0.15) is 0 Å². The van der Waals surface area contributed by atoms with Crippen LogP contribution in [-0.4, -0.2) is 15.0 Å². The number of benzene rings is 1. The van der Waals surface area contributed by atoms with E-state index in [9.17, 15) is 0 Å². The average Bonchev–Trinajstić information content (AvgIpc) is 2.58. The van der Waals surface area contributed by atoms with E-state index in [1.807, 2.05) is 26.1 Å². The molecule has 0 aliphatic carbocycles. The van der Waals surface area contributed by atoms with Gasteiger partial charge in [0.25, 0.3) is 0 Å². The number of aromatic nitrogens is 3. The minimum absolute atomic E-state index is 0.832. The van der Waals surface area contributed by atoms with Crippen molar-refractivity contribution in [3.63, 3.8) is 0 Å². The van der Waals surface area contributed by atoms with Crippen LogP contribution in [-0.2, 0) is 0 Å². The Morgan fingerprint density at radius 3 is 2.87 bits per heavy atom. The van der Waals surface area contributed by atoms with Gasteiger partial charge in [-0.05, 0) is 31.4 Å². The van der Waals surface area contributed by atoms with E-state index < -0.39 is 0 Å². The average molecular weight is 197 g/mol. The van der Waals surface area contributed by atoms with Crippen LogP contribution >= 0.6 is 0 Å². The van der Waals surface area contributed by atoms with Crippen molar-refractivity contribution in [2.75, 3.05) is 0 Å². The van der Waals surface area contributed by atoms with Crippen molar-refractivity contribution in [1.29, 1.82) is 0 Å². The molecule has 1 aromatic carbocycles. The number of hydrogen-bond acceptors (Lipinski definition) is 2. The van der Waals surface area contributed by atoms with Gasteiger partial charge in [0.15, 0.2) is 0 Å². The molecule has 0 atom stereocenters. The quantitative estimate of drug-likeness (QED) is 0.602. The summed E-state index contributed by atoms with van der Waals surface area (Å²) in [4.78, 5) is 12.0. The van der Waals surface area contributed by atoms with Gasteiger partial charge in [0, 0.05) is 17.3 Å². The molecule has 0 aliphatic rings. The van der Waals surface area contributed by atoms with Crippen molar-refractivity contribution in [1.82, 2.24) is 15.0 Å². The monoisotopic (exact) mass is 197 g/mol. The van der Waals surface area contributed by atoms with Gasteiger partial charge in [0.2, 0.25) is 0 Å². The van der Waals surface area contributed by atoms with E-state index in [0.29, 0.717) is 0 Å². The summed E-state index contributed by atoms with van der Waals surface area (Å²) < 4.78 is 0. The normalized spacial score (nSPS) is 11.3. The summed E-state index contributed by atoms with van der Waals surface area (Å²) >= 11 is 0. The van der Waals surface area contributed by atoms with Crippen LogP contribution in [0.3, 0.4) is 0 Å². The zero-order valence-electron chi connectivity index (χ0n) is 8.70. The predicted octanol–water partition coefficient (Wildman–Crippen LogP) is 2.73. The van der Waals surface area contributed by atoms with Gasteiger partial charge < -0.3 is 4.98 Å². The maximum absolute atomic E-state index is 4.44. The molecule has 0 unspecified atom stereocenters. The Morgan fingerprint density at radius 2 is 2.00 bits per heavy atom. The molecule has 0 spiro atoms. The Kier molecular flexibility index (Phi) is 1.57. The first-order valence-corrected chi connectivity index (χ1v) is 4.96. The van der Waals surface area contributed by atoms with Gasteiger partial charge in [-0.25, -0.2) is 9.97 Å². The summed E-state index contributed by atoms with van der Waals surface area (Å²) in [7, 11) is 0. The SMILES string of the molecule is Cc1nc2ccc3cc(C)[nH]cc3c2n1. The lowest BCUT2D eigenvalue weighted by molar-refractivity contribution is 1.17. The molecule has 0 radical (unpaired) electrons. The van der Waals surface area contributed by atoms with Crippen molar-refractivity contribution in [3.05, 3.63) is 35.9 Å². The van der Waals surface area contributed by atoms with Crippen LogP contribution in [0.15, 0.2) is 24.4 Å². The number of rotatable bonds is 0. The molecule has 74 valence electrons. The molecule has 0 saturated carbocycles. The van der Waals surface area contributed by atoms with Crippen LogP contribution in [0.4, 0.5) is 0 Å². The van der Waals surface area contributed by atoms with E-state index in [4.69, 9.17) is 0 Å². The number of nitrogens with zero attached hydrogens (tertiary/aromatic N) is 2. The summed E-state index contributed by atoms with van der Waals surface area (Å²) in [5.74, 6) is 0.832. The van der Waals surface area contributed by atoms with Crippen LogP contribution in [0, 0.1) is 13.8 Å². The Bertz CT molecular complexity index is 652. The molecule has 0 aliphatic heterocycles. The first-order valence-electron chi connectivity index (χ1n) is 4.96. The van der Waals surface area contributed by atoms with Gasteiger partial charge in [-0.1, -0.05) is 6.07 Å². The first kappa shape index (κ1) is 8.41. The Hall–Kier alpha value is -1.90. The van der Waals surface area contributed by atoms with Crippen molar-refractivity contribution < 1.29 is 0 Å². The zero-order valence-corrected chi connectivity index (χ0v) is 8.70. The lowest BCUT2D eigenvalue weighted by Crippen LogP contribution is -1.82. The van der Waals surface area contributed by atoms with Gasteiger partial charge in [0.05, 0.1) is 5.52 Å². The number of aromatic amines is 1. The summed E-state index contributed by atoms with van der Waals surface area (Å²) in [5.41, 5.74) is 3.11. The lowest BCUT2D eigenvalue weighted by Gasteiger charge is -2.00. The van der Waals surface area contributed by atoms with E-state index in [-0.39, 0.29) is 0 Å². The third-order valence-electron chi connectivity index (χ3n) is 2.60. The second kappa shape index (κ2) is 2.79. The third-order valence-corrected chi connectivity index (χ3v) is 2.60. The van der Waals surface area contributed by atoms with E-state index in [2.05, 4.69) is 27.1 Å². The van der Waals surface area contributed by atoms with Crippen LogP contribution in [0.25, 0.3) is 21.8 Å². The second-order valence-corrected chi connectivity index (χ2v) is 3.82. The molecule has 3 rings (SSSR count). The minimum Gasteiger partial charge on any atom is -0.365 e. The number of fused-ring (bicyclic) bond motifs is 3. The van der Waals surface area contributed by atoms with Crippen LogP contribution < -0.4 is 0 Å². The molecule has 2 heterocycles. The van der Waals surface area contributed by atoms with Crippen LogP contribution in [0.5, 0.6) is 0 Å². The van der Waals surface area contributed by atoms with Crippen molar-refractivity contribution in [3.8, 4) is 0 Å².